The van der Waals surface area contributed by atoms with Gasteiger partial charge in [0, 0.05) is 11.1 Å². The highest BCUT2D eigenvalue weighted by Crippen LogP contribution is 2.22. The maximum Gasteiger partial charge on any atom is 0.151 e. The van der Waals surface area contributed by atoms with Crippen LogP contribution in [0.4, 0.5) is 0 Å². The third-order valence-electron chi connectivity index (χ3n) is 1.37. The van der Waals surface area contributed by atoms with Crippen molar-refractivity contribution in [3.05, 3.63) is 33.3 Å². The zero-order chi connectivity index (χ0) is 9.14. The van der Waals surface area contributed by atoms with Gasteiger partial charge in [0.2, 0.25) is 0 Å². The third kappa shape index (κ3) is 1.65. The molecule has 0 amide bonds. The molecule has 0 aromatic heterocycles. The van der Waals surface area contributed by atoms with Crippen LogP contribution in [0.2, 0.25) is 10.0 Å². The summed E-state index contributed by atoms with van der Waals surface area (Å²) in [6, 6.07) is 2.72. The van der Waals surface area contributed by atoms with Crippen LogP contribution in [0.3, 0.4) is 0 Å². The molecule has 0 fully saturated rings. The predicted octanol–water partition coefficient (Wildman–Crippen LogP) is 2.62. The summed E-state index contributed by atoms with van der Waals surface area (Å²) < 4.78 is 0. The van der Waals surface area contributed by atoms with Crippen molar-refractivity contribution in [3.63, 3.8) is 0 Å². The average Bonchev–Trinajstić information content (AvgIpc) is 2.08. The number of halogens is 2. The molecule has 1 rings (SSSR count). The molecule has 0 aliphatic rings. The first-order valence-corrected chi connectivity index (χ1v) is 3.84. The Labute approximate surface area is 79.1 Å². The minimum absolute atomic E-state index is 0.233. The quantitative estimate of drug-likeness (QED) is 0.692. The van der Waals surface area contributed by atoms with Crippen LogP contribution >= 0.6 is 23.2 Å². The Kier molecular flexibility index (Phi) is 2.84. The van der Waals surface area contributed by atoms with E-state index in [4.69, 9.17) is 23.2 Å². The molecule has 0 radical (unpaired) electrons. The number of aldehydes is 2. The van der Waals surface area contributed by atoms with Crippen LogP contribution in [-0.4, -0.2) is 12.6 Å². The molecule has 0 aliphatic heterocycles. The molecule has 2 nitrogen and oxygen atoms in total. The minimum Gasteiger partial charge on any atom is -0.298 e. The highest BCUT2D eigenvalue weighted by Gasteiger charge is 2.05. The van der Waals surface area contributed by atoms with Crippen LogP contribution in [0.15, 0.2) is 12.1 Å². The van der Waals surface area contributed by atoms with Gasteiger partial charge in [0.1, 0.15) is 0 Å². The normalized spacial score (nSPS) is 9.50. The van der Waals surface area contributed by atoms with Crippen LogP contribution in [0.25, 0.3) is 0 Å². The standard InChI is InChI=1S/C8H4Cl2O2/c9-7-1-5(3-11)8(10)2-6(7)4-12/h1-4H. The number of carbonyl (C=O) groups is 2. The molecule has 62 valence electrons. The van der Waals surface area contributed by atoms with Crippen molar-refractivity contribution in [2.75, 3.05) is 0 Å². The number of benzene rings is 1. The topological polar surface area (TPSA) is 34.1 Å². The molecule has 0 atom stereocenters. The Morgan fingerprint density at radius 2 is 1.25 bits per heavy atom. The second-order valence-corrected chi connectivity index (χ2v) is 2.95. The van der Waals surface area contributed by atoms with Crippen molar-refractivity contribution >= 4 is 35.8 Å². The van der Waals surface area contributed by atoms with E-state index in [-0.39, 0.29) is 21.2 Å². The molecule has 12 heavy (non-hydrogen) atoms. The van der Waals surface area contributed by atoms with Gasteiger partial charge in [-0.25, -0.2) is 0 Å². The van der Waals surface area contributed by atoms with Gasteiger partial charge in [0.15, 0.2) is 12.6 Å². The summed E-state index contributed by atoms with van der Waals surface area (Å²) in [7, 11) is 0. The fourth-order valence-corrected chi connectivity index (χ4v) is 1.19. The van der Waals surface area contributed by atoms with Crippen LogP contribution in [0.1, 0.15) is 20.7 Å². The van der Waals surface area contributed by atoms with Gasteiger partial charge < -0.3 is 0 Å². The summed E-state index contributed by atoms with van der Waals surface area (Å²) in [6.45, 7) is 0. The summed E-state index contributed by atoms with van der Waals surface area (Å²) in [5.74, 6) is 0. The Hall–Kier alpha value is -0.860. The molecule has 0 bridgehead atoms. The molecule has 0 saturated carbocycles. The summed E-state index contributed by atoms with van der Waals surface area (Å²) in [4.78, 5) is 20.7. The number of hydrogen-bond donors (Lipinski definition) is 0. The SMILES string of the molecule is O=Cc1cc(Cl)c(C=O)cc1Cl. The maximum atomic E-state index is 10.3. The summed E-state index contributed by atoms with van der Waals surface area (Å²) in [5.41, 5.74) is 0.569. The number of hydrogen-bond acceptors (Lipinski definition) is 2. The van der Waals surface area contributed by atoms with Gasteiger partial charge in [-0.1, -0.05) is 23.2 Å². The molecule has 0 saturated heterocycles. The van der Waals surface area contributed by atoms with Gasteiger partial charge in [0.25, 0.3) is 0 Å². The highest BCUT2D eigenvalue weighted by atomic mass is 35.5. The molecular formula is C8H4Cl2O2. The molecule has 0 heterocycles. The monoisotopic (exact) mass is 202 g/mol. The lowest BCUT2D eigenvalue weighted by Crippen LogP contribution is -1.87. The molecule has 4 heteroatoms. The van der Waals surface area contributed by atoms with Crippen molar-refractivity contribution in [1.29, 1.82) is 0 Å². The highest BCUT2D eigenvalue weighted by molar-refractivity contribution is 6.36. The largest absolute Gasteiger partial charge is 0.298 e. The van der Waals surface area contributed by atoms with Crippen LogP contribution in [-0.2, 0) is 0 Å². The van der Waals surface area contributed by atoms with Crippen molar-refractivity contribution < 1.29 is 9.59 Å². The zero-order valence-corrected chi connectivity index (χ0v) is 7.39. The van der Waals surface area contributed by atoms with Gasteiger partial charge in [-0.05, 0) is 12.1 Å². The Morgan fingerprint density at radius 1 is 0.917 bits per heavy atom. The number of carbonyl (C=O) groups excluding carboxylic acids is 2. The first-order chi connectivity index (χ1) is 5.69. The lowest BCUT2D eigenvalue weighted by atomic mass is 10.1. The van der Waals surface area contributed by atoms with E-state index in [1.54, 1.807) is 0 Å². The van der Waals surface area contributed by atoms with Gasteiger partial charge >= 0.3 is 0 Å². The van der Waals surface area contributed by atoms with Crippen molar-refractivity contribution in [1.82, 2.24) is 0 Å². The fraction of sp³-hybridized carbons (Fsp3) is 0. The molecule has 1 aromatic carbocycles. The van der Waals surface area contributed by atoms with Crippen LogP contribution in [0, 0.1) is 0 Å². The van der Waals surface area contributed by atoms with E-state index >= 15 is 0 Å². The fourth-order valence-electron chi connectivity index (χ4n) is 0.758. The lowest BCUT2D eigenvalue weighted by Gasteiger charge is -1.99. The minimum atomic E-state index is 0.233. The van der Waals surface area contributed by atoms with E-state index in [1.165, 1.54) is 12.1 Å². The molecule has 0 spiro atoms. The van der Waals surface area contributed by atoms with Gasteiger partial charge in [-0.2, -0.15) is 0 Å². The molecule has 0 unspecified atom stereocenters. The second kappa shape index (κ2) is 3.70. The van der Waals surface area contributed by atoms with Gasteiger partial charge in [-0.15, -0.1) is 0 Å². The van der Waals surface area contributed by atoms with E-state index in [0.29, 0.717) is 12.6 Å². The van der Waals surface area contributed by atoms with E-state index in [9.17, 15) is 9.59 Å². The Bertz CT molecular complexity index is 300. The first kappa shape index (κ1) is 9.23. The van der Waals surface area contributed by atoms with Gasteiger partial charge in [-0.3, -0.25) is 9.59 Å². The average molecular weight is 203 g/mol. The summed E-state index contributed by atoms with van der Waals surface area (Å²) >= 11 is 11.3. The van der Waals surface area contributed by atoms with Crippen molar-refractivity contribution in [2.24, 2.45) is 0 Å². The number of rotatable bonds is 2. The smallest absolute Gasteiger partial charge is 0.151 e. The van der Waals surface area contributed by atoms with Crippen LogP contribution in [0.5, 0.6) is 0 Å². The summed E-state index contributed by atoms with van der Waals surface area (Å²) in [6.07, 6.45) is 1.17. The molecule has 0 aliphatic carbocycles. The molecular weight excluding hydrogens is 199 g/mol. The van der Waals surface area contributed by atoms with E-state index in [1.807, 2.05) is 0 Å². The van der Waals surface area contributed by atoms with Crippen molar-refractivity contribution in [2.45, 2.75) is 0 Å². The Balaban J connectivity index is 3.34. The predicted molar refractivity (Wildman–Crippen MR) is 47.2 cm³/mol. The molecule has 1 aromatic rings. The van der Waals surface area contributed by atoms with E-state index < -0.39 is 0 Å². The zero-order valence-electron chi connectivity index (χ0n) is 5.88. The van der Waals surface area contributed by atoms with Crippen molar-refractivity contribution in [3.8, 4) is 0 Å². The van der Waals surface area contributed by atoms with E-state index in [2.05, 4.69) is 0 Å². The second-order valence-electron chi connectivity index (χ2n) is 2.13. The maximum absolute atomic E-state index is 10.3. The molecule has 0 N–H and O–H groups in total. The third-order valence-corrected chi connectivity index (χ3v) is 2.02. The summed E-state index contributed by atoms with van der Waals surface area (Å²) in [5, 5.41) is 0.466. The first-order valence-electron chi connectivity index (χ1n) is 3.08. The Morgan fingerprint density at radius 3 is 1.50 bits per heavy atom. The lowest BCUT2D eigenvalue weighted by molar-refractivity contribution is 0.111. The van der Waals surface area contributed by atoms with Gasteiger partial charge in [0.05, 0.1) is 10.0 Å². The van der Waals surface area contributed by atoms with E-state index in [0.717, 1.165) is 0 Å². The van der Waals surface area contributed by atoms with Crippen LogP contribution < -0.4 is 0 Å².